The van der Waals surface area contributed by atoms with Gasteiger partial charge in [-0.05, 0) is 48.5 Å². The Morgan fingerprint density at radius 1 is 1.00 bits per heavy atom. The number of pyridine rings is 1. The molecular formula is C24H20N4O. The number of likely N-dealkylation sites (N-methyl/N-ethyl adjacent to an activating group) is 1. The Morgan fingerprint density at radius 2 is 1.83 bits per heavy atom. The van der Waals surface area contributed by atoms with E-state index in [4.69, 9.17) is 21.1 Å². The van der Waals surface area contributed by atoms with Gasteiger partial charge in [-0.1, -0.05) is 18.1 Å². The first-order valence-corrected chi connectivity index (χ1v) is 9.32. The highest BCUT2D eigenvalue weighted by atomic mass is 16.5. The lowest BCUT2D eigenvalue weighted by Crippen LogP contribution is -2.25. The van der Waals surface area contributed by atoms with Crippen LogP contribution in [0.15, 0.2) is 73.1 Å². The molecule has 5 nitrogen and oxygen atoms in total. The van der Waals surface area contributed by atoms with Gasteiger partial charge in [-0.25, -0.2) is 9.97 Å². The van der Waals surface area contributed by atoms with Crippen molar-refractivity contribution in [3.63, 3.8) is 0 Å². The number of anilines is 1. The molecule has 0 saturated heterocycles. The molecule has 2 aromatic carbocycles. The van der Waals surface area contributed by atoms with E-state index in [0.29, 0.717) is 19.0 Å². The zero-order chi connectivity index (χ0) is 20.1. The van der Waals surface area contributed by atoms with Crippen LogP contribution in [-0.2, 0) is 0 Å². The van der Waals surface area contributed by atoms with Gasteiger partial charge in [0, 0.05) is 36.0 Å². The molecule has 0 fully saturated rings. The number of fused-ring (bicyclic) bond motifs is 1. The Labute approximate surface area is 170 Å². The maximum absolute atomic E-state index is 5.86. The normalized spacial score (nSPS) is 10.5. The van der Waals surface area contributed by atoms with Crippen molar-refractivity contribution < 1.29 is 4.74 Å². The Balaban J connectivity index is 1.56. The maximum Gasteiger partial charge on any atom is 0.163 e. The highest BCUT2D eigenvalue weighted by molar-refractivity contribution is 5.90. The van der Waals surface area contributed by atoms with E-state index in [1.165, 1.54) is 0 Å². The van der Waals surface area contributed by atoms with Crippen LogP contribution < -0.4 is 9.64 Å². The van der Waals surface area contributed by atoms with Gasteiger partial charge in [0.1, 0.15) is 18.2 Å². The average Bonchev–Trinajstić information content (AvgIpc) is 2.79. The zero-order valence-corrected chi connectivity index (χ0v) is 16.1. The molecular weight excluding hydrogens is 360 g/mol. The quantitative estimate of drug-likeness (QED) is 0.470. The molecule has 0 aliphatic carbocycles. The Kier molecular flexibility index (Phi) is 5.35. The lowest BCUT2D eigenvalue weighted by Gasteiger charge is -2.21. The lowest BCUT2D eigenvalue weighted by molar-refractivity contribution is 0.326. The fourth-order valence-corrected chi connectivity index (χ4v) is 3.03. The molecule has 0 aliphatic heterocycles. The van der Waals surface area contributed by atoms with Gasteiger partial charge in [-0.3, -0.25) is 4.98 Å². The lowest BCUT2D eigenvalue weighted by atomic mass is 10.2. The Hall–Kier alpha value is -3.91. The molecule has 0 amide bonds. The van der Waals surface area contributed by atoms with Gasteiger partial charge < -0.3 is 9.64 Å². The van der Waals surface area contributed by atoms with E-state index in [1.54, 1.807) is 12.4 Å². The second-order valence-corrected chi connectivity index (χ2v) is 6.57. The van der Waals surface area contributed by atoms with Gasteiger partial charge in [0.25, 0.3) is 0 Å². The van der Waals surface area contributed by atoms with E-state index in [2.05, 4.69) is 15.8 Å². The van der Waals surface area contributed by atoms with E-state index in [1.807, 2.05) is 67.7 Å². The summed E-state index contributed by atoms with van der Waals surface area (Å²) >= 11 is 0. The second kappa shape index (κ2) is 8.41. The fraction of sp³-hybridized carbons (Fsp3) is 0.125. The number of rotatable bonds is 6. The topological polar surface area (TPSA) is 51.1 Å². The summed E-state index contributed by atoms with van der Waals surface area (Å²) in [4.78, 5) is 15.8. The number of hydrogen-bond acceptors (Lipinski definition) is 5. The van der Waals surface area contributed by atoms with E-state index in [-0.39, 0.29) is 0 Å². The standard InChI is InChI=1S/C24H20N4O/c1-3-18-10-12-20(13-11-18)29-16-15-28(2)24-21-8-4-5-9-22(21)26-23(27-24)19-7-6-14-25-17-19/h1,4-14,17H,15-16H2,2H3. The molecule has 4 aromatic rings. The van der Waals surface area contributed by atoms with Gasteiger partial charge in [0.05, 0.1) is 12.1 Å². The molecule has 142 valence electrons. The number of aromatic nitrogens is 3. The number of ether oxygens (including phenoxy) is 1. The van der Waals surface area contributed by atoms with Gasteiger partial charge >= 0.3 is 0 Å². The minimum atomic E-state index is 0.520. The van der Waals surface area contributed by atoms with Crippen LogP contribution in [0.4, 0.5) is 5.82 Å². The van der Waals surface area contributed by atoms with Crippen LogP contribution in [0.25, 0.3) is 22.3 Å². The summed E-state index contributed by atoms with van der Waals surface area (Å²) in [5.74, 6) is 4.91. The molecule has 0 radical (unpaired) electrons. The molecule has 4 rings (SSSR count). The molecule has 0 unspecified atom stereocenters. The van der Waals surface area contributed by atoms with Crippen LogP contribution in [0.2, 0.25) is 0 Å². The van der Waals surface area contributed by atoms with Crippen LogP contribution in [0.3, 0.4) is 0 Å². The number of hydrogen-bond donors (Lipinski definition) is 0. The molecule has 2 aromatic heterocycles. The zero-order valence-electron chi connectivity index (χ0n) is 16.1. The van der Waals surface area contributed by atoms with Crippen molar-refractivity contribution in [1.82, 2.24) is 15.0 Å². The minimum Gasteiger partial charge on any atom is -0.492 e. The SMILES string of the molecule is C#Cc1ccc(OCCN(C)c2nc(-c3cccnc3)nc3ccccc23)cc1. The first-order chi connectivity index (χ1) is 14.2. The predicted molar refractivity (Wildman–Crippen MR) is 116 cm³/mol. The summed E-state index contributed by atoms with van der Waals surface area (Å²) in [6.07, 6.45) is 8.91. The van der Waals surface area contributed by atoms with Gasteiger partial charge in [0.15, 0.2) is 5.82 Å². The van der Waals surface area contributed by atoms with Crippen molar-refractivity contribution in [1.29, 1.82) is 0 Å². The predicted octanol–water partition coefficient (Wildman–Crippen LogP) is 4.19. The van der Waals surface area contributed by atoms with Crippen molar-refractivity contribution in [2.75, 3.05) is 25.1 Å². The van der Waals surface area contributed by atoms with Gasteiger partial charge in [-0.2, -0.15) is 0 Å². The van der Waals surface area contributed by atoms with Crippen molar-refractivity contribution in [2.45, 2.75) is 0 Å². The van der Waals surface area contributed by atoms with E-state index in [9.17, 15) is 0 Å². The molecule has 0 N–H and O–H groups in total. The van der Waals surface area contributed by atoms with Crippen LogP contribution in [0.5, 0.6) is 5.75 Å². The summed E-state index contributed by atoms with van der Waals surface area (Å²) in [5, 5.41) is 1.00. The van der Waals surface area contributed by atoms with Crippen molar-refractivity contribution in [3.05, 3.63) is 78.6 Å². The average molecular weight is 380 g/mol. The fourth-order valence-electron chi connectivity index (χ4n) is 3.03. The number of terminal acetylenes is 1. The first-order valence-electron chi connectivity index (χ1n) is 9.32. The van der Waals surface area contributed by atoms with Crippen LogP contribution in [0.1, 0.15) is 5.56 Å². The molecule has 0 spiro atoms. The van der Waals surface area contributed by atoms with E-state index in [0.717, 1.165) is 33.6 Å². The summed E-state index contributed by atoms with van der Waals surface area (Å²) in [5.41, 5.74) is 2.62. The van der Waals surface area contributed by atoms with Crippen LogP contribution in [-0.4, -0.2) is 35.2 Å². The number of para-hydroxylation sites is 1. The van der Waals surface area contributed by atoms with Crippen molar-refractivity contribution in [3.8, 4) is 29.5 Å². The third kappa shape index (κ3) is 4.17. The third-order valence-electron chi connectivity index (χ3n) is 4.58. The smallest absolute Gasteiger partial charge is 0.163 e. The summed E-state index contributed by atoms with van der Waals surface area (Å²) in [6.45, 7) is 1.19. The van der Waals surface area contributed by atoms with E-state index >= 15 is 0 Å². The summed E-state index contributed by atoms with van der Waals surface area (Å²) in [7, 11) is 2.01. The van der Waals surface area contributed by atoms with Crippen LogP contribution in [0, 0.1) is 12.3 Å². The molecule has 5 heteroatoms. The van der Waals surface area contributed by atoms with Crippen molar-refractivity contribution in [2.24, 2.45) is 0 Å². The summed E-state index contributed by atoms with van der Waals surface area (Å²) in [6, 6.07) is 19.4. The first kappa shape index (κ1) is 18.5. The third-order valence-corrected chi connectivity index (χ3v) is 4.58. The molecule has 0 bridgehead atoms. The molecule has 0 atom stereocenters. The molecule has 0 aliphatic rings. The minimum absolute atomic E-state index is 0.520. The monoisotopic (exact) mass is 380 g/mol. The molecule has 0 saturated carbocycles. The molecule has 29 heavy (non-hydrogen) atoms. The maximum atomic E-state index is 5.86. The highest BCUT2D eigenvalue weighted by Crippen LogP contribution is 2.26. The number of nitrogens with zero attached hydrogens (tertiary/aromatic N) is 4. The molecule has 2 heterocycles. The largest absolute Gasteiger partial charge is 0.492 e. The van der Waals surface area contributed by atoms with Gasteiger partial charge in [-0.15, -0.1) is 6.42 Å². The Morgan fingerprint density at radius 3 is 2.59 bits per heavy atom. The Bertz CT molecular complexity index is 1150. The van der Waals surface area contributed by atoms with E-state index < -0.39 is 0 Å². The van der Waals surface area contributed by atoms with Gasteiger partial charge in [0.2, 0.25) is 0 Å². The summed E-state index contributed by atoms with van der Waals surface area (Å²) < 4.78 is 5.86. The van der Waals surface area contributed by atoms with Crippen LogP contribution >= 0.6 is 0 Å². The number of benzene rings is 2. The highest BCUT2D eigenvalue weighted by Gasteiger charge is 2.13. The van der Waals surface area contributed by atoms with Crippen molar-refractivity contribution >= 4 is 16.7 Å². The second-order valence-electron chi connectivity index (χ2n) is 6.57.